The normalized spacial score (nSPS) is 14.7. The van der Waals surface area contributed by atoms with E-state index >= 15 is 0 Å². The summed E-state index contributed by atoms with van der Waals surface area (Å²) < 4.78 is 30.1. The van der Waals surface area contributed by atoms with Crippen LogP contribution in [0.2, 0.25) is 0 Å². The van der Waals surface area contributed by atoms with Crippen LogP contribution in [0.5, 0.6) is 5.75 Å². The monoisotopic (exact) mass is 1240 g/mol. The van der Waals surface area contributed by atoms with Crippen LogP contribution in [-0.4, -0.2) is 101 Å². The number of esters is 4. The van der Waals surface area contributed by atoms with Gasteiger partial charge < -0.3 is 33.5 Å². The fourth-order valence-electron chi connectivity index (χ4n) is 12.1. The lowest BCUT2D eigenvalue weighted by molar-refractivity contribution is -0.167. The molecule has 3 aromatic rings. The minimum atomic E-state index is -0.896. The number of nitrogens with zero attached hydrogens (tertiary/aromatic N) is 6. The summed E-state index contributed by atoms with van der Waals surface area (Å²) in [6.45, 7) is 14.9. The third kappa shape index (κ3) is 29.6. The highest BCUT2D eigenvalue weighted by atomic mass is 16.6. The van der Waals surface area contributed by atoms with Gasteiger partial charge in [0.05, 0.1) is 23.4 Å². The second-order valence-electron chi connectivity index (χ2n) is 25.7. The lowest BCUT2D eigenvalue weighted by Crippen LogP contribution is -2.52. The SMILES string of the molecule is CCCCCCCCCCCCCCCC(=O)OCC(COC(=O)CCCCCCCCCCCCCCC)OC(=O)CC(C)CCCCC(C)C(=O)Oc1c(C)cc(COC(=O)n2ccc3c(N(C)[C@H]4CN(C(=O)CC#N)CC[C@H]4C)ncnc32)cc1C. The van der Waals surface area contributed by atoms with Gasteiger partial charge in [0.15, 0.2) is 11.8 Å². The van der Waals surface area contributed by atoms with E-state index in [2.05, 4.69) is 30.7 Å². The molecule has 1 fully saturated rings. The first-order valence-electron chi connectivity index (χ1n) is 34.8. The number of piperidine rings is 1. The van der Waals surface area contributed by atoms with Crippen molar-refractivity contribution in [1.82, 2.24) is 19.4 Å². The third-order valence-corrected chi connectivity index (χ3v) is 17.7. The highest BCUT2D eigenvalue weighted by molar-refractivity contribution is 5.93. The number of likely N-dealkylation sites (N-methyl/N-ethyl adjacent to an activating group) is 1. The van der Waals surface area contributed by atoms with Crippen LogP contribution in [0.15, 0.2) is 30.7 Å². The number of aromatic nitrogens is 3. The number of hydrogen-bond donors (Lipinski definition) is 0. The van der Waals surface area contributed by atoms with Gasteiger partial charge in [0.1, 0.15) is 44.1 Å². The van der Waals surface area contributed by atoms with Crippen LogP contribution in [0, 0.1) is 42.9 Å². The summed E-state index contributed by atoms with van der Waals surface area (Å²) in [5.41, 5.74) is 2.55. The number of anilines is 1. The van der Waals surface area contributed by atoms with Crippen LogP contribution >= 0.6 is 0 Å². The molecule has 1 saturated heterocycles. The van der Waals surface area contributed by atoms with E-state index in [1.807, 2.05) is 57.8 Å². The quantitative estimate of drug-likeness (QED) is 0.0223. The summed E-state index contributed by atoms with van der Waals surface area (Å²) in [6.07, 6.45) is 37.3. The number of carbonyl (C=O) groups excluding carboxylic acids is 6. The van der Waals surface area contributed by atoms with Gasteiger partial charge in [0, 0.05) is 45.6 Å². The molecule has 1 aliphatic heterocycles. The molecule has 17 nitrogen and oxygen atoms in total. The van der Waals surface area contributed by atoms with Gasteiger partial charge in [-0.05, 0) is 86.3 Å². The summed E-state index contributed by atoms with van der Waals surface area (Å²) in [6, 6.07) is 7.34. The molecular formula is C72H114N6O11. The van der Waals surface area contributed by atoms with Crippen LogP contribution in [-0.2, 0) is 49.5 Å². The predicted octanol–water partition coefficient (Wildman–Crippen LogP) is 16.9. The van der Waals surface area contributed by atoms with Gasteiger partial charge in [-0.1, -0.05) is 208 Å². The van der Waals surface area contributed by atoms with E-state index in [4.69, 9.17) is 28.9 Å². The topological polar surface area (TPSA) is 210 Å². The van der Waals surface area contributed by atoms with Crippen LogP contribution in [0.1, 0.15) is 276 Å². The molecule has 0 saturated carbocycles. The van der Waals surface area contributed by atoms with E-state index in [0.717, 1.165) is 80.9 Å². The number of benzene rings is 1. The molecule has 3 heterocycles. The van der Waals surface area contributed by atoms with Crippen molar-refractivity contribution in [2.24, 2.45) is 17.8 Å². The summed E-state index contributed by atoms with van der Waals surface area (Å²) in [7, 11) is 1.92. The number of rotatable bonds is 47. The molecular weight excluding hydrogens is 1120 g/mol. The maximum absolute atomic E-state index is 13.5. The van der Waals surface area contributed by atoms with Crippen molar-refractivity contribution in [3.8, 4) is 11.8 Å². The first kappa shape index (κ1) is 75.4. The van der Waals surface area contributed by atoms with Gasteiger partial charge in [0.2, 0.25) is 5.91 Å². The minimum Gasteiger partial charge on any atom is -0.462 e. The van der Waals surface area contributed by atoms with Gasteiger partial charge in [0.25, 0.3) is 0 Å². The minimum absolute atomic E-state index is 0.0133. The van der Waals surface area contributed by atoms with Crippen molar-refractivity contribution >= 4 is 52.7 Å². The largest absolute Gasteiger partial charge is 0.462 e. The molecule has 1 amide bonds. The van der Waals surface area contributed by atoms with E-state index in [-0.39, 0.29) is 80.3 Å². The highest BCUT2D eigenvalue weighted by Gasteiger charge is 2.33. The number of hydrogen-bond acceptors (Lipinski definition) is 15. The number of likely N-dealkylation sites (tertiary alicyclic amines) is 1. The Balaban J connectivity index is 1.18. The van der Waals surface area contributed by atoms with Crippen molar-refractivity contribution < 1.29 is 52.5 Å². The second kappa shape index (κ2) is 44.4. The Morgan fingerprint density at radius 1 is 0.674 bits per heavy atom. The van der Waals surface area contributed by atoms with Crippen molar-refractivity contribution in [3.05, 3.63) is 47.4 Å². The molecule has 0 radical (unpaired) electrons. The first-order valence-corrected chi connectivity index (χ1v) is 34.8. The smallest absolute Gasteiger partial charge is 0.420 e. The average Bonchev–Trinajstić information content (AvgIpc) is 1.96. The molecule has 0 aliphatic carbocycles. The molecule has 89 heavy (non-hydrogen) atoms. The van der Waals surface area contributed by atoms with Gasteiger partial charge in [-0.25, -0.2) is 19.3 Å². The Hall–Kier alpha value is -6.05. The molecule has 1 aliphatic rings. The number of nitriles is 1. The standard InChI is InChI=1S/C72H114N6O11/c1-9-11-13-15-17-19-21-23-25-27-29-31-33-39-65(80)85-52-61(53-86-66(81)40-34-32-30-28-26-24-22-20-18-16-14-12-10-2)88-67(82)47-55(3)37-35-36-38-57(5)71(83)89-68-58(6)48-60(49-59(68)7)51-87-72(84)78-46-43-62-69(74-54-75-70(62)78)76(8)63-50-77(45-42-56(63)4)64(79)41-44-73/h43,46,48-49,54-57,61,63H,9-42,45,47,50-53H2,1-8H3/t55?,56-,57?,63+/m1/s1. The zero-order chi connectivity index (χ0) is 64.6. The van der Waals surface area contributed by atoms with Gasteiger partial charge in [-0.3, -0.25) is 24.0 Å². The Bertz CT molecular complexity index is 2530. The molecule has 4 atom stereocenters. The van der Waals surface area contributed by atoms with E-state index in [9.17, 15) is 28.8 Å². The van der Waals surface area contributed by atoms with Gasteiger partial charge in [-0.2, -0.15) is 5.26 Å². The Morgan fingerprint density at radius 3 is 1.70 bits per heavy atom. The second-order valence-corrected chi connectivity index (χ2v) is 25.7. The molecule has 2 aromatic heterocycles. The van der Waals surface area contributed by atoms with Crippen LogP contribution in [0.25, 0.3) is 11.0 Å². The molecule has 2 unspecified atom stereocenters. The van der Waals surface area contributed by atoms with Crippen molar-refractivity contribution in [3.63, 3.8) is 0 Å². The van der Waals surface area contributed by atoms with E-state index in [0.29, 0.717) is 55.0 Å². The maximum Gasteiger partial charge on any atom is 0.420 e. The zero-order valence-corrected chi connectivity index (χ0v) is 56.2. The number of unbranched alkanes of at least 4 members (excludes halogenated alkanes) is 25. The maximum atomic E-state index is 13.5. The number of fused-ring (bicyclic) bond motifs is 1. The van der Waals surface area contributed by atoms with E-state index in [1.165, 1.54) is 139 Å². The Kier molecular flexibility index (Phi) is 37.6. The predicted molar refractivity (Wildman–Crippen MR) is 351 cm³/mol. The number of amides is 1. The molecule has 498 valence electrons. The van der Waals surface area contributed by atoms with Crippen molar-refractivity contribution in [2.45, 2.75) is 292 Å². The Labute approximate surface area is 534 Å². The van der Waals surface area contributed by atoms with Crippen LogP contribution in [0.4, 0.5) is 10.6 Å². The fraction of sp³-hybridized carbons (Fsp3) is 0.736. The van der Waals surface area contributed by atoms with E-state index in [1.54, 1.807) is 17.2 Å². The van der Waals surface area contributed by atoms with Crippen LogP contribution in [0.3, 0.4) is 0 Å². The summed E-state index contributed by atoms with van der Waals surface area (Å²) in [4.78, 5) is 91.2. The van der Waals surface area contributed by atoms with Crippen LogP contribution < -0.4 is 9.64 Å². The first-order chi connectivity index (χ1) is 43.1. The molecule has 0 spiro atoms. The lowest BCUT2D eigenvalue weighted by atomic mass is 9.92. The summed E-state index contributed by atoms with van der Waals surface area (Å²) in [5.74, 6) is -0.716. The summed E-state index contributed by atoms with van der Waals surface area (Å²) in [5, 5.41) is 9.74. The number of aryl methyl sites for hydroxylation is 2. The number of carbonyl (C=O) groups is 6. The van der Waals surface area contributed by atoms with Gasteiger partial charge in [-0.15, -0.1) is 0 Å². The molecule has 0 bridgehead atoms. The average molecular weight is 1240 g/mol. The highest BCUT2D eigenvalue weighted by Crippen LogP contribution is 2.31. The number of ether oxygens (including phenoxy) is 5. The molecule has 1 aromatic carbocycles. The molecule has 4 rings (SSSR count). The van der Waals surface area contributed by atoms with Crippen molar-refractivity contribution in [1.29, 1.82) is 5.26 Å². The Morgan fingerprint density at radius 2 is 1.18 bits per heavy atom. The summed E-state index contributed by atoms with van der Waals surface area (Å²) >= 11 is 0. The lowest BCUT2D eigenvalue weighted by Gasteiger charge is -2.42. The third-order valence-electron chi connectivity index (χ3n) is 17.7. The fourth-order valence-corrected chi connectivity index (χ4v) is 12.1. The van der Waals surface area contributed by atoms with E-state index < -0.39 is 18.2 Å². The zero-order valence-electron chi connectivity index (χ0n) is 56.2. The van der Waals surface area contributed by atoms with Crippen molar-refractivity contribution in [2.75, 3.05) is 38.3 Å². The van der Waals surface area contributed by atoms with Gasteiger partial charge >= 0.3 is 30.0 Å². The molecule has 0 N–H and O–H groups in total. The molecule has 17 heteroatoms.